The first-order chi connectivity index (χ1) is 14.4. The second kappa shape index (κ2) is 9.75. The van der Waals surface area contributed by atoms with Crippen LogP contribution in [0.4, 0.5) is 5.95 Å². The van der Waals surface area contributed by atoms with Crippen molar-refractivity contribution in [2.45, 2.75) is 39.7 Å². The van der Waals surface area contributed by atoms with E-state index in [1.807, 2.05) is 43.9 Å². The number of hydrogen-bond donors (Lipinski definition) is 2. The molecule has 1 fully saturated rings. The number of anilines is 1. The lowest BCUT2D eigenvalue weighted by Crippen LogP contribution is -2.38. The number of aromatic nitrogens is 2. The maximum Gasteiger partial charge on any atom is 0.255 e. The second-order valence-corrected chi connectivity index (χ2v) is 7.59. The summed E-state index contributed by atoms with van der Waals surface area (Å²) in [5, 5.41) is 3.00. The third-order valence-electron chi connectivity index (χ3n) is 5.35. The summed E-state index contributed by atoms with van der Waals surface area (Å²) in [6.07, 6.45) is 0.544. The highest BCUT2D eigenvalue weighted by atomic mass is 16.5. The molecule has 0 aliphatic carbocycles. The number of morpholine rings is 1. The molecular formula is C22H30N4O4. The summed E-state index contributed by atoms with van der Waals surface area (Å²) in [7, 11) is 1.62. The van der Waals surface area contributed by atoms with Gasteiger partial charge in [0, 0.05) is 36.3 Å². The number of amides is 1. The molecule has 1 aliphatic rings. The Morgan fingerprint density at radius 2 is 2.07 bits per heavy atom. The van der Waals surface area contributed by atoms with Crippen LogP contribution in [0.2, 0.25) is 0 Å². The number of hydrogen-bond acceptors (Lipinski definition) is 6. The topological polar surface area (TPSA) is 96.5 Å². The molecule has 0 saturated carbocycles. The highest BCUT2D eigenvalue weighted by Crippen LogP contribution is 2.26. The Kier molecular flexibility index (Phi) is 7.10. The molecule has 1 atom stereocenters. The highest BCUT2D eigenvalue weighted by molar-refractivity contribution is 5.76. The maximum absolute atomic E-state index is 12.6. The lowest BCUT2D eigenvalue weighted by Gasteiger charge is -2.27. The molecule has 2 aromatic rings. The quantitative estimate of drug-likeness (QED) is 0.720. The zero-order valence-electron chi connectivity index (χ0n) is 18.1. The number of ether oxygens (including phenoxy) is 2. The number of carbonyl (C=O) groups excluding carboxylic acids is 1. The lowest BCUT2D eigenvalue weighted by atomic mass is 10.0. The van der Waals surface area contributed by atoms with Gasteiger partial charge in [-0.3, -0.25) is 14.6 Å². The minimum atomic E-state index is -0.200. The van der Waals surface area contributed by atoms with Crippen LogP contribution in [0, 0.1) is 13.8 Å². The van der Waals surface area contributed by atoms with E-state index in [1.165, 1.54) is 0 Å². The normalized spacial score (nSPS) is 15.0. The van der Waals surface area contributed by atoms with Gasteiger partial charge in [0.2, 0.25) is 11.9 Å². The zero-order chi connectivity index (χ0) is 21.7. The van der Waals surface area contributed by atoms with Crippen molar-refractivity contribution in [1.29, 1.82) is 0 Å². The van der Waals surface area contributed by atoms with Gasteiger partial charge >= 0.3 is 0 Å². The Labute approximate surface area is 176 Å². The summed E-state index contributed by atoms with van der Waals surface area (Å²) in [5.41, 5.74) is 3.03. The van der Waals surface area contributed by atoms with E-state index in [1.54, 1.807) is 7.11 Å². The monoisotopic (exact) mass is 414 g/mol. The Morgan fingerprint density at radius 3 is 2.73 bits per heavy atom. The molecule has 1 unspecified atom stereocenters. The molecule has 0 spiro atoms. The molecule has 8 nitrogen and oxygen atoms in total. The number of methoxy groups -OCH3 is 1. The van der Waals surface area contributed by atoms with Gasteiger partial charge in [-0.25, -0.2) is 4.98 Å². The number of aromatic amines is 1. The number of aryl methyl sites for hydroxylation is 2. The van der Waals surface area contributed by atoms with Gasteiger partial charge in [-0.05, 0) is 33.3 Å². The second-order valence-electron chi connectivity index (χ2n) is 7.59. The van der Waals surface area contributed by atoms with Gasteiger partial charge < -0.3 is 19.7 Å². The van der Waals surface area contributed by atoms with Gasteiger partial charge in [0.15, 0.2) is 0 Å². The van der Waals surface area contributed by atoms with Gasteiger partial charge in [-0.2, -0.15) is 0 Å². The third kappa shape index (κ3) is 5.18. The van der Waals surface area contributed by atoms with E-state index in [2.05, 4.69) is 15.3 Å². The summed E-state index contributed by atoms with van der Waals surface area (Å²) < 4.78 is 10.7. The van der Waals surface area contributed by atoms with Gasteiger partial charge in [0.25, 0.3) is 5.56 Å². The lowest BCUT2D eigenvalue weighted by molar-refractivity contribution is -0.121. The van der Waals surface area contributed by atoms with Crippen LogP contribution in [0.15, 0.2) is 23.0 Å². The van der Waals surface area contributed by atoms with Crippen LogP contribution in [-0.4, -0.2) is 49.3 Å². The zero-order valence-corrected chi connectivity index (χ0v) is 18.1. The predicted octanol–water partition coefficient (Wildman–Crippen LogP) is 2.04. The van der Waals surface area contributed by atoms with E-state index in [4.69, 9.17) is 9.47 Å². The number of carbonyl (C=O) groups is 1. The highest BCUT2D eigenvalue weighted by Gasteiger charge is 2.18. The Morgan fingerprint density at radius 1 is 1.33 bits per heavy atom. The summed E-state index contributed by atoms with van der Waals surface area (Å²) in [4.78, 5) is 34.5. The molecular weight excluding hydrogens is 384 g/mol. The standard InChI is InChI=1S/C22H30N4O4/c1-14-5-7-19(29-4)18(13-14)16(3)23-20(27)8-6-17-15(2)24-22(25-21(17)28)26-9-11-30-12-10-26/h5,7,13,16H,6,8-12H2,1-4H3,(H,23,27)(H,24,25,28). The van der Waals surface area contributed by atoms with E-state index in [-0.39, 0.29) is 23.9 Å². The minimum Gasteiger partial charge on any atom is -0.496 e. The van der Waals surface area contributed by atoms with Crippen molar-refractivity contribution in [3.05, 3.63) is 50.9 Å². The number of nitrogens with one attached hydrogen (secondary N) is 2. The fourth-order valence-electron chi connectivity index (χ4n) is 3.64. The molecule has 1 amide bonds. The van der Waals surface area contributed by atoms with Crippen molar-refractivity contribution in [3.63, 3.8) is 0 Å². The van der Waals surface area contributed by atoms with Crippen molar-refractivity contribution in [1.82, 2.24) is 15.3 Å². The van der Waals surface area contributed by atoms with Crippen LogP contribution < -0.4 is 20.5 Å². The fraction of sp³-hybridized carbons (Fsp3) is 0.500. The van der Waals surface area contributed by atoms with E-state index < -0.39 is 0 Å². The Bertz CT molecular complexity index is 951. The van der Waals surface area contributed by atoms with Gasteiger partial charge in [0.1, 0.15) is 5.75 Å². The fourth-order valence-corrected chi connectivity index (χ4v) is 3.64. The number of benzene rings is 1. The van der Waals surface area contributed by atoms with Gasteiger partial charge in [-0.1, -0.05) is 17.7 Å². The van der Waals surface area contributed by atoms with E-state index in [0.29, 0.717) is 49.9 Å². The molecule has 2 N–H and O–H groups in total. The van der Waals surface area contributed by atoms with Crippen molar-refractivity contribution in [2.75, 3.05) is 38.3 Å². The molecule has 0 radical (unpaired) electrons. The third-order valence-corrected chi connectivity index (χ3v) is 5.35. The Balaban J connectivity index is 1.63. The summed E-state index contributed by atoms with van der Waals surface area (Å²) in [6.45, 7) is 8.37. The average molecular weight is 415 g/mol. The van der Waals surface area contributed by atoms with Crippen LogP contribution in [0.5, 0.6) is 5.75 Å². The first kappa shape index (κ1) is 21.8. The molecule has 3 rings (SSSR count). The number of H-pyrrole nitrogens is 1. The molecule has 162 valence electrons. The van der Waals surface area contributed by atoms with Gasteiger partial charge in [-0.15, -0.1) is 0 Å². The molecule has 1 aliphatic heterocycles. The van der Waals surface area contributed by atoms with Crippen molar-refractivity contribution >= 4 is 11.9 Å². The van der Waals surface area contributed by atoms with Crippen LogP contribution >= 0.6 is 0 Å². The number of rotatable bonds is 7. The summed E-state index contributed by atoms with van der Waals surface area (Å²) in [5.74, 6) is 1.18. The minimum absolute atomic E-state index is 0.123. The van der Waals surface area contributed by atoms with Gasteiger partial charge in [0.05, 0.1) is 26.4 Å². The smallest absolute Gasteiger partial charge is 0.255 e. The van der Waals surface area contributed by atoms with Crippen LogP contribution in [0.25, 0.3) is 0 Å². The van der Waals surface area contributed by atoms with E-state index in [0.717, 1.165) is 16.9 Å². The molecule has 0 bridgehead atoms. The molecule has 1 aromatic heterocycles. The number of nitrogens with zero attached hydrogens (tertiary/aromatic N) is 2. The van der Waals surface area contributed by atoms with E-state index >= 15 is 0 Å². The van der Waals surface area contributed by atoms with Crippen LogP contribution in [0.1, 0.15) is 41.8 Å². The molecule has 30 heavy (non-hydrogen) atoms. The van der Waals surface area contributed by atoms with Crippen molar-refractivity contribution < 1.29 is 14.3 Å². The van der Waals surface area contributed by atoms with Crippen LogP contribution in [-0.2, 0) is 16.0 Å². The molecule has 2 heterocycles. The predicted molar refractivity (Wildman–Crippen MR) is 115 cm³/mol. The SMILES string of the molecule is COc1ccc(C)cc1C(C)NC(=O)CCc1c(C)nc(N2CCOCC2)[nH]c1=O. The molecule has 8 heteroatoms. The summed E-state index contributed by atoms with van der Waals surface area (Å²) >= 11 is 0. The molecule has 1 saturated heterocycles. The summed E-state index contributed by atoms with van der Waals surface area (Å²) in [6, 6.07) is 5.68. The first-order valence-electron chi connectivity index (χ1n) is 10.3. The largest absolute Gasteiger partial charge is 0.496 e. The Hall–Kier alpha value is -2.87. The first-order valence-corrected chi connectivity index (χ1v) is 10.3. The van der Waals surface area contributed by atoms with E-state index in [9.17, 15) is 9.59 Å². The maximum atomic E-state index is 12.6. The van der Waals surface area contributed by atoms with Crippen LogP contribution in [0.3, 0.4) is 0 Å². The van der Waals surface area contributed by atoms with Crippen molar-refractivity contribution in [2.24, 2.45) is 0 Å². The average Bonchev–Trinajstić information content (AvgIpc) is 2.73. The molecule has 1 aromatic carbocycles. The van der Waals surface area contributed by atoms with Crippen molar-refractivity contribution in [3.8, 4) is 5.75 Å².